The van der Waals surface area contributed by atoms with Crippen LogP contribution in [0, 0.1) is 0 Å². The Kier molecular flexibility index (Phi) is 9.31. The van der Waals surface area contributed by atoms with Gasteiger partial charge in [0, 0.05) is 41.6 Å². The summed E-state index contributed by atoms with van der Waals surface area (Å²) in [7, 11) is 3.45. The van der Waals surface area contributed by atoms with Gasteiger partial charge in [-0.15, -0.1) is 0 Å². The van der Waals surface area contributed by atoms with Crippen LogP contribution in [-0.4, -0.2) is 64.5 Å². The average Bonchev–Trinajstić information content (AvgIpc) is 2.66. The molecular formula is C16H31NO5Si2. The molecule has 2 N–H and O–H groups in total. The molecule has 1 atom stereocenters. The molecule has 0 amide bonds. The third-order valence-electron chi connectivity index (χ3n) is 4.63. The normalized spacial score (nSPS) is 14.8. The van der Waals surface area contributed by atoms with E-state index in [1.54, 1.807) is 35.5 Å². The standard InChI is InChI=1S/C16H31NO5Si2/c1-18-16(19-2)23(14-17,15-10-7-6-8-11-15)12-9-13-24(20-3,21-4)22-5/h6-8,10-11,16H,9,12-14,17H2,1-5H3. The molecule has 0 saturated heterocycles. The summed E-state index contributed by atoms with van der Waals surface area (Å²) in [5.41, 5.74) is 6.26. The van der Waals surface area contributed by atoms with Crippen LogP contribution in [0.2, 0.25) is 12.1 Å². The first-order chi connectivity index (χ1) is 11.6. The van der Waals surface area contributed by atoms with E-state index in [2.05, 4.69) is 12.1 Å². The van der Waals surface area contributed by atoms with E-state index in [0.29, 0.717) is 6.17 Å². The Labute approximate surface area is 147 Å². The number of nitrogens with two attached hydrogens (primary N) is 1. The van der Waals surface area contributed by atoms with Gasteiger partial charge < -0.3 is 28.5 Å². The van der Waals surface area contributed by atoms with E-state index in [1.807, 2.05) is 18.2 Å². The van der Waals surface area contributed by atoms with Gasteiger partial charge >= 0.3 is 8.80 Å². The van der Waals surface area contributed by atoms with Gasteiger partial charge in [0.1, 0.15) is 5.91 Å². The maximum absolute atomic E-state index is 6.26. The fourth-order valence-corrected chi connectivity index (χ4v) is 9.28. The van der Waals surface area contributed by atoms with E-state index >= 15 is 0 Å². The van der Waals surface area contributed by atoms with Gasteiger partial charge in [-0.25, -0.2) is 0 Å². The Morgan fingerprint density at radius 1 is 0.875 bits per heavy atom. The van der Waals surface area contributed by atoms with Gasteiger partial charge in [-0.05, 0) is 12.2 Å². The van der Waals surface area contributed by atoms with Gasteiger partial charge in [-0.2, -0.15) is 0 Å². The largest absolute Gasteiger partial charge is 0.500 e. The first-order valence-electron chi connectivity index (χ1n) is 8.04. The van der Waals surface area contributed by atoms with Crippen molar-refractivity contribution in [2.45, 2.75) is 24.4 Å². The van der Waals surface area contributed by atoms with Crippen LogP contribution in [0.1, 0.15) is 6.42 Å². The van der Waals surface area contributed by atoms with Gasteiger partial charge in [-0.3, -0.25) is 0 Å². The lowest BCUT2D eigenvalue weighted by molar-refractivity contribution is -0.0499. The number of hydrogen-bond donors (Lipinski definition) is 1. The van der Waals surface area contributed by atoms with Crippen molar-refractivity contribution in [3.63, 3.8) is 0 Å². The zero-order valence-electron chi connectivity index (χ0n) is 15.4. The molecule has 0 saturated carbocycles. The monoisotopic (exact) mass is 373 g/mol. The number of ether oxygens (including phenoxy) is 2. The molecule has 1 unspecified atom stereocenters. The first kappa shape index (κ1) is 21.5. The molecule has 0 aliphatic rings. The predicted molar refractivity (Wildman–Crippen MR) is 99.7 cm³/mol. The highest BCUT2D eigenvalue weighted by Gasteiger charge is 2.45. The highest BCUT2D eigenvalue weighted by atomic mass is 28.4. The molecule has 6 nitrogen and oxygen atoms in total. The van der Waals surface area contributed by atoms with Gasteiger partial charge in [0.2, 0.25) is 0 Å². The third-order valence-corrected chi connectivity index (χ3v) is 12.3. The van der Waals surface area contributed by atoms with Crippen LogP contribution in [0.3, 0.4) is 0 Å². The predicted octanol–water partition coefficient (Wildman–Crippen LogP) is 1.27. The molecule has 0 aliphatic heterocycles. The Balaban J connectivity index is 3.02. The van der Waals surface area contributed by atoms with Crippen LogP contribution in [0.5, 0.6) is 0 Å². The molecular weight excluding hydrogens is 342 g/mol. The summed E-state index contributed by atoms with van der Waals surface area (Å²) in [6, 6.07) is 12.0. The van der Waals surface area contributed by atoms with Crippen LogP contribution in [0.25, 0.3) is 0 Å². The smallest absolute Gasteiger partial charge is 0.377 e. The van der Waals surface area contributed by atoms with E-state index in [9.17, 15) is 0 Å². The zero-order chi connectivity index (χ0) is 18.1. The summed E-state index contributed by atoms with van der Waals surface area (Å²) in [6.45, 7) is 0. The van der Waals surface area contributed by atoms with Crippen LogP contribution in [0.4, 0.5) is 0 Å². The second kappa shape index (κ2) is 10.4. The summed E-state index contributed by atoms with van der Waals surface area (Å²) in [5, 5.41) is 1.24. The van der Waals surface area contributed by atoms with Crippen molar-refractivity contribution in [3.8, 4) is 0 Å². The molecule has 1 aromatic rings. The molecule has 138 valence electrons. The fraction of sp³-hybridized carbons (Fsp3) is 0.625. The van der Waals surface area contributed by atoms with E-state index < -0.39 is 16.9 Å². The van der Waals surface area contributed by atoms with E-state index in [4.69, 9.17) is 28.5 Å². The van der Waals surface area contributed by atoms with Crippen LogP contribution < -0.4 is 10.9 Å². The Bertz CT molecular complexity index is 449. The molecule has 0 spiro atoms. The van der Waals surface area contributed by atoms with E-state index in [1.165, 1.54) is 5.19 Å². The molecule has 1 rings (SSSR count). The molecule has 0 heterocycles. The summed E-state index contributed by atoms with van der Waals surface area (Å²) in [5.74, 6) is -0.298. The number of rotatable bonds is 12. The van der Waals surface area contributed by atoms with Crippen LogP contribution in [-0.2, 0) is 22.8 Å². The summed E-state index contributed by atoms with van der Waals surface area (Å²) >= 11 is 0. The fourth-order valence-electron chi connectivity index (χ4n) is 3.21. The molecule has 1 aromatic carbocycles. The average molecular weight is 374 g/mol. The summed E-state index contributed by atoms with van der Waals surface area (Å²) in [4.78, 5) is 0. The third kappa shape index (κ3) is 4.73. The quantitative estimate of drug-likeness (QED) is 0.439. The minimum atomic E-state index is -2.59. The topological polar surface area (TPSA) is 72.2 Å². The highest BCUT2D eigenvalue weighted by molar-refractivity contribution is 6.92. The van der Waals surface area contributed by atoms with Crippen LogP contribution >= 0.6 is 0 Å². The Hall–Kier alpha value is -0.586. The molecule has 0 fully saturated rings. The Morgan fingerprint density at radius 2 is 1.42 bits per heavy atom. The minimum absolute atomic E-state index is 0.298. The van der Waals surface area contributed by atoms with Gasteiger partial charge in [0.15, 0.2) is 8.07 Å². The zero-order valence-corrected chi connectivity index (χ0v) is 17.4. The van der Waals surface area contributed by atoms with Crippen molar-refractivity contribution < 1.29 is 22.8 Å². The van der Waals surface area contributed by atoms with Crippen LogP contribution in [0.15, 0.2) is 30.3 Å². The van der Waals surface area contributed by atoms with Crippen molar-refractivity contribution in [2.24, 2.45) is 5.73 Å². The van der Waals surface area contributed by atoms with Gasteiger partial charge in [-0.1, -0.05) is 41.9 Å². The second-order valence-corrected chi connectivity index (χ2v) is 13.0. The lowest BCUT2D eigenvalue weighted by atomic mass is 10.4. The summed E-state index contributed by atoms with van der Waals surface area (Å²) in [6.07, 6.45) is 1.42. The minimum Gasteiger partial charge on any atom is -0.377 e. The van der Waals surface area contributed by atoms with E-state index in [0.717, 1.165) is 18.5 Å². The van der Waals surface area contributed by atoms with Gasteiger partial charge in [0.05, 0.1) is 0 Å². The molecule has 0 aromatic heterocycles. The number of hydrogen-bond acceptors (Lipinski definition) is 6. The van der Waals surface area contributed by atoms with E-state index in [-0.39, 0.29) is 5.91 Å². The Morgan fingerprint density at radius 3 is 1.83 bits per heavy atom. The molecule has 8 heteroatoms. The molecule has 0 bridgehead atoms. The molecule has 0 aliphatic carbocycles. The summed E-state index contributed by atoms with van der Waals surface area (Å²) < 4.78 is 27.9. The maximum Gasteiger partial charge on any atom is 0.500 e. The molecule has 24 heavy (non-hydrogen) atoms. The van der Waals surface area contributed by atoms with Crippen molar-refractivity contribution >= 4 is 22.1 Å². The SMILES string of the molecule is COC(OC)[Si](CN)(CCC[Si](OC)(OC)OC)c1ccccc1. The highest BCUT2D eigenvalue weighted by Crippen LogP contribution is 2.24. The number of methoxy groups -OCH3 is 2. The second-order valence-electron chi connectivity index (χ2n) is 5.68. The number of benzene rings is 1. The lowest BCUT2D eigenvalue weighted by Crippen LogP contribution is -2.64. The van der Waals surface area contributed by atoms with Crippen molar-refractivity contribution in [1.82, 2.24) is 0 Å². The maximum atomic E-state index is 6.26. The van der Waals surface area contributed by atoms with Crippen molar-refractivity contribution in [1.29, 1.82) is 0 Å². The first-order valence-corrected chi connectivity index (χ1v) is 12.5. The van der Waals surface area contributed by atoms with Crippen molar-refractivity contribution in [3.05, 3.63) is 30.3 Å². The van der Waals surface area contributed by atoms with Gasteiger partial charge in [0.25, 0.3) is 0 Å². The molecule has 0 radical (unpaired) electrons. The lowest BCUT2D eigenvalue weighted by Gasteiger charge is -2.37. The van der Waals surface area contributed by atoms with Crippen molar-refractivity contribution in [2.75, 3.05) is 41.7 Å².